The van der Waals surface area contributed by atoms with E-state index in [4.69, 9.17) is 11.6 Å². The zero-order valence-corrected chi connectivity index (χ0v) is 14.8. The van der Waals surface area contributed by atoms with E-state index in [2.05, 4.69) is 15.6 Å². The van der Waals surface area contributed by atoms with Crippen LogP contribution in [-0.4, -0.2) is 22.8 Å². The van der Waals surface area contributed by atoms with Gasteiger partial charge in [-0.25, -0.2) is 0 Å². The van der Waals surface area contributed by atoms with E-state index in [1.807, 2.05) is 13.0 Å². The van der Waals surface area contributed by atoms with Crippen LogP contribution in [0.3, 0.4) is 0 Å². The lowest BCUT2D eigenvalue weighted by molar-refractivity contribution is 0.0937. The number of halogens is 1. The minimum absolute atomic E-state index is 0.165. The van der Waals surface area contributed by atoms with Gasteiger partial charge in [0.1, 0.15) is 5.69 Å². The third-order valence-electron chi connectivity index (χ3n) is 4.37. The Hall–Kier alpha value is -2.40. The fraction of sp³-hybridized carbons (Fsp3) is 0.316. The minimum Gasteiger partial charge on any atom is -0.349 e. The van der Waals surface area contributed by atoms with E-state index >= 15 is 0 Å². The summed E-state index contributed by atoms with van der Waals surface area (Å²) in [5.74, 6) is -0.544. The van der Waals surface area contributed by atoms with E-state index in [1.165, 1.54) is 12.3 Å². The van der Waals surface area contributed by atoms with Crippen LogP contribution in [0.5, 0.6) is 0 Å². The molecule has 1 saturated carbocycles. The Morgan fingerprint density at radius 1 is 1.12 bits per heavy atom. The molecule has 1 aromatic heterocycles. The largest absolute Gasteiger partial charge is 0.349 e. The Labute approximate surface area is 151 Å². The number of anilines is 1. The highest BCUT2D eigenvalue weighted by Gasteiger charge is 2.19. The van der Waals surface area contributed by atoms with Crippen molar-refractivity contribution in [1.82, 2.24) is 10.3 Å². The summed E-state index contributed by atoms with van der Waals surface area (Å²) in [4.78, 5) is 28.8. The normalized spacial score (nSPS) is 14.3. The van der Waals surface area contributed by atoms with E-state index < -0.39 is 0 Å². The molecule has 0 aliphatic heterocycles. The molecule has 1 aliphatic carbocycles. The monoisotopic (exact) mass is 357 g/mol. The standard InChI is InChI=1S/C19H20ClN3O2/c1-12-6-7-15(11-16(12)20)23-19(25)17-10-13(8-9-21-17)18(24)22-14-4-2-3-5-14/h6-11,14H,2-5H2,1H3,(H,22,24)(H,23,25). The van der Waals surface area contributed by atoms with Crippen molar-refractivity contribution in [2.75, 3.05) is 5.32 Å². The number of carbonyl (C=O) groups excluding carboxylic acids is 2. The molecule has 6 heteroatoms. The second-order valence-electron chi connectivity index (χ2n) is 6.30. The Kier molecular flexibility index (Phi) is 5.34. The van der Waals surface area contributed by atoms with Gasteiger partial charge in [-0.15, -0.1) is 0 Å². The molecule has 0 saturated heterocycles. The lowest BCUT2D eigenvalue weighted by Crippen LogP contribution is -2.32. The van der Waals surface area contributed by atoms with Crippen molar-refractivity contribution in [2.24, 2.45) is 0 Å². The third-order valence-corrected chi connectivity index (χ3v) is 4.78. The first-order valence-electron chi connectivity index (χ1n) is 8.37. The molecule has 1 heterocycles. The van der Waals surface area contributed by atoms with Gasteiger partial charge in [-0.2, -0.15) is 0 Å². The predicted molar refractivity (Wildman–Crippen MR) is 98.1 cm³/mol. The Bertz CT molecular complexity index is 801. The van der Waals surface area contributed by atoms with Crippen LogP contribution in [0.2, 0.25) is 5.02 Å². The van der Waals surface area contributed by atoms with E-state index in [0.717, 1.165) is 31.2 Å². The number of nitrogens with zero attached hydrogens (tertiary/aromatic N) is 1. The number of hydrogen-bond donors (Lipinski definition) is 2. The highest BCUT2D eigenvalue weighted by molar-refractivity contribution is 6.31. The predicted octanol–water partition coefficient (Wildman–Crippen LogP) is 3.97. The lowest BCUT2D eigenvalue weighted by Gasteiger charge is -2.12. The molecular weight excluding hydrogens is 338 g/mol. The number of benzene rings is 1. The number of aromatic nitrogens is 1. The van der Waals surface area contributed by atoms with E-state index in [1.54, 1.807) is 18.2 Å². The van der Waals surface area contributed by atoms with Crippen LogP contribution in [-0.2, 0) is 0 Å². The zero-order valence-electron chi connectivity index (χ0n) is 14.0. The highest BCUT2D eigenvalue weighted by atomic mass is 35.5. The van der Waals surface area contributed by atoms with Crippen LogP contribution in [0.4, 0.5) is 5.69 Å². The molecule has 1 aromatic carbocycles. The van der Waals surface area contributed by atoms with Crippen LogP contribution >= 0.6 is 11.6 Å². The summed E-state index contributed by atoms with van der Waals surface area (Å²) in [6.45, 7) is 1.89. The molecule has 130 valence electrons. The second-order valence-corrected chi connectivity index (χ2v) is 6.71. The minimum atomic E-state index is -0.379. The summed E-state index contributed by atoms with van der Waals surface area (Å²) >= 11 is 6.07. The fourth-order valence-electron chi connectivity index (χ4n) is 2.90. The molecule has 0 atom stereocenters. The molecule has 25 heavy (non-hydrogen) atoms. The molecule has 1 aliphatic rings. The first kappa shape index (κ1) is 17.4. The SMILES string of the molecule is Cc1ccc(NC(=O)c2cc(C(=O)NC3CCCC3)ccn2)cc1Cl. The van der Waals surface area contributed by atoms with Gasteiger partial charge in [0.05, 0.1) is 0 Å². The van der Waals surface area contributed by atoms with Gasteiger partial charge in [0.2, 0.25) is 0 Å². The van der Waals surface area contributed by atoms with Gasteiger partial charge in [0.15, 0.2) is 0 Å². The molecule has 2 N–H and O–H groups in total. The van der Waals surface area contributed by atoms with Crippen LogP contribution in [0.15, 0.2) is 36.5 Å². The van der Waals surface area contributed by atoms with Gasteiger partial charge in [-0.05, 0) is 49.6 Å². The highest BCUT2D eigenvalue weighted by Crippen LogP contribution is 2.21. The van der Waals surface area contributed by atoms with Crippen molar-refractivity contribution in [3.8, 4) is 0 Å². The number of nitrogens with one attached hydrogen (secondary N) is 2. The fourth-order valence-corrected chi connectivity index (χ4v) is 3.08. The van der Waals surface area contributed by atoms with Crippen LogP contribution in [0.25, 0.3) is 0 Å². The zero-order chi connectivity index (χ0) is 17.8. The molecule has 0 spiro atoms. The summed E-state index contributed by atoms with van der Waals surface area (Å²) in [5.41, 5.74) is 2.15. The number of hydrogen-bond acceptors (Lipinski definition) is 3. The van der Waals surface area contributed by atoms with Gasteiger partial charge in [0, 0.05) is 28.5 Å². The first-order valence-corrected chi connectivity index (χ1v) is 8.75. The van der Waals surface area contributed by atoms with Gasteiger partial charge in [-0.3, -0.25) is 14.6 Å². The number of amides is 2. The number of rotatable bonds is 4. The average Bonchev–Trinajstić information content (AvgIpc) is 3.11. The molecule has 2 amide bonds. The van der Waals surface area contributed by atoms with Crippen molar-refractivity contribution in [1.29, 1.82) is 0 Å². The summed E-state index contributed by atoms with van der Waals surface area (Å²) in [6, 6.07) is 8.64. The quantitative estimate of drug-likeness (QED) is 0.869. The molecule has 2 aromatic rings. The van der Waals surface area contributed by atoms with Crippen molar-refractivity contribution < 1.29 is 9.59 Å². The van der Waals surface area contributed by atoms with Gasteiger partial charge >= 0.3 is 0 Å². The lowest BCUT2D eigenvalue weighted by atomic mass is 10.1. The Morgan fingerprint density at radius 2 is 1.88 bits per heavy atom. The topological polar surface area (TPSA) is 71.1 Å². The van der Waals surface area contributed by atoms with Crippen molar-refractivity contribution in [2.45, 2.75) is 38.6 Å². The Balaban J connectivity index is 1.70. The van der Waals surface area contributed by atoms with Crippen LogP contribution < -0.4 is 10.6 Å². The maximum Gasteiger partial charge on any atom is 0.274 e. The smallest absolute Gasteiger partial charge is 0.274 e. The molecule has 3 rings (SSSR count). The molecule has 0 bridgehead atoms. The van der Waals surface area contributed by atoms with Crippen LogP contribution in [0, 0.1) is 6.92 Å². The number of pyridine rings is 1. The van der Waals surface area contributed by atoms with E-state index in [9.17, 15) is 9.59 Å². The van der Waals surface area contributed by atoms with Gasteiger partial charge < -0.3 is 10.6 Å². The summed E-state index contributed by atoms with van der Waals surface area (Å²) < 4.78 is 0. The molecule has 0 unspecified atom stereocenters. The van der Waals surface area contributed by atoms with Crippen molar-refractivity contribution in [3.05, 3.63) is 58.4 Å². The van der Waals surface area contributed by atoms with Crippen LogP contribution in [0.1, 0.15) is 52.1 Å². The molecule has 5 nitrogen and oxygen atoms in total. The maximum atomic E-state index is 12.4. The van der Waals surface area contributed by atoms with Crippen molar-refractivity contribution >= 4 is 29.1 Å². The average molecular weight is 358 g/mol. The molecule has 0 radical (unpaired) electrons. The first-order chi connectivity index (χ1) is 12.0. The summed E-state index contributed by atoms with van der Waals surface area (Å²) in [7, 11) is 0. The maximum absolute atomic E-state index is 12.4. The number of aryl methyl sites for hydroxylation is 1. The third kappa shape index (κ3) is 4.37. The summed E-state index contributed by atoms with van der Waals surface area (Å²) in [5, 5.41) is 6.34. The Morgan fingerprint density at radius 3 is 2.60 bits per heavy atom. The molecule has 1 fully saturated rings. The van der Waals surface area contributed by atoms with E-state index in [-0.39, 0.29) is 23.6 Å². The van der Waals surface area contributed by atoms with Gasteiger partial charge in [-0.1, -0.05) is 30.5 Å². The van der Waals surface area contributed by atoms with E-state index in [0.29, 0.717) is 16.3 Å². The second kappa shape index (κ2) is 7.66. The van der Waals surface area contributed by atoms with Gasteiger partial charge in [0.25, 0.3) is 11.8 Å². The van der Waals surface area contributed by atoms with Crippen molar-refractivity contribution in [3.63, 3.8) is 0 Å². The number of carbonyl (C=O) groups is 2. The molecular formula is C19H20ClN3O2. The summed E-state index contributed by atoms with van der Waals surface area (Å²) in [6.07, 6.45) is 5.79.